The summed E-state index contributed by atoms with van der Waals surface area (Å²) in [5.41, 5.74) is 0. The minimum atomic E-state index is -0.146. The smallest absolute Gasteiger partial charge is 0.240 e. The van der Waals surface area contributed by atoms with Gasteiger partial charge in [0.2, 0.25) is 5.91 Å². The van der Waals surface area contributed by atoms with Gasteiger partial charge in [-0.1, -0.05) is 13.8 Å². The molecule has 0 aliphatic carbocycles. The lowest BCUT2D eigenvalue weighted by molar-refractivity contribution is -0.144. The summed E-state index contributed by atoms with van der Waals surface area (Å²) in [5.74, 6) is 0.665. The summed E-state index contributed by atoms with van der Waals surface area (Å²) < 4.78 is 0. The predicted molar refractivity (Wildman–Crippen MR) is 64.1 cm³/mol. The van der Waals surface area contributed by atoms with Crippen molar-refractivity contribution in [1.82, 2.24) is 9.80 Å². The fourth-order valence-corrected chi connectivity index (χ4v) is 2.28. The van der Waals surface area contributed by atoms with E-state index in [2.05, 4.69) is 25.7 Å². The van der Waals surface area contributed by atoms with Gasteiger partial charge in [-0.2, -0.15) is 0 Å². The average Bonchev–Trinajstić information content (AvgIpc) is 2.20. The van der Waals surface area contributed by atoms with E-state index in [1.165, 1.54) is 0 Å². The van der Waals surface area contributed by atoms with E-state index < -0.39 is 0 Å². The molecular formula is C12H24N2O2. The zero-order valence-electron chi connectivity index (χ0n) is 10.8. The fourth-order valence-electron chi connectivity index (χ4n) is 2.28. The Labute approximate surface area is 98.2 Å². The molecule has 1 amide bonds. The van der Waals surface area contributed by atoms with Crippen molar-refractivity contribution in [3.63, 3.8) is 0 Å². The highest BCUT2D eigenvalue weighted by molar-refractivity contribution is 5.82. The highest BCUT2D eigenvalue weighted by Gasteiger charge is 2.35. The zero-order chi connectivity index (χ0) is 12.3. The number of carbonyl (C=O) groups excluding carboxylic acids is 1. The van der Waals surface area contributed by atoms with Gasteiger partial charge in [0.15, 0.2) is 0 Å². The Balaban J connectivity index is 2.72. The van der Waals surface area contributed by atoms with Crippen LogP contribution < -0.4 is 0 Å². The standard InChI is InChI=1S/C12H24N2O2/c1-9(2)7-14-8-10(3)13(4)11(5-6-15)12(14)16/h9-11,15H,5-8H2,1-4H3. The van der Waals surface area contributed by atoms with Crippen LogP contribution >= 0.6 is 0 Å². The maximum atomic E-state index is 12.2. The van der Waals surface area contributed by atoms with Gasteiger partial charge in [-0.05, 0) is 26.3 Å². The van der Waals surface area contributed by atoms with Crippen LogP contribution in [-0.4, -0.2) is 59.6 Å². The number of likely N-dealkylation sites (N-methyl/N-ethyl adjacent to an activating group) is 1. The number of aliphatic hydroxyl groups excluding tert-OH is 1. The molecule has 0 aromatic heterocycles. The van der Waals surface area contributed by atoms with Crippen LogP contribution in [0.2, 0.25) is 0 Å². The van der Waals surface area contributed by atoms with Crippen LogP contribution in [0.25, 0.3) is 0 Å². The molecule has 1 saturated heterocycles. The average molecular weight is 228 g/mol. The maximum Gasteiger partial charge on any atom is 0.240 e. The molecule has 16 heavy (non-hydrogen) atoms. The fraction of sp³-hybridized carbons (Fsp3) is 0.917. The molecule has 1 aliphatic rings. The lowest BCUT2D eigenvalue weighted by Crippen LogP contribution is -2.60. The Morgan fingerprint density at radius 3 is 2.62 bits per heavy atom. The first-order valence-corrected chi connectivity index (χ1v) is 6.09. The summed E-state index contributed by atoms with van der Waals surface area (Å²) in [4.78, 5) is 16.2. The molecule has 1 heterocycles. The van der Waals surface area contributed by atoms with Crippen LogP contribution in [0.3, 0.4) is 0 Å². The molecule has 0 radical (unpaired) electrons. The Bertz CT molecular complexity index is 243. The normalized spacial score (nSPS) is 27.9. The van der Waals surface area contributed by atoms with Crippen LogP contribution in [0.4, 0.5) is 0 Å². The van der Waals surface area contributed by atoms with Crippen molar-refractivity contribution in [2.24, 2.45) is 5.92 Å². The molecule has 0 spiro atoms. The van der Waals surface area contributed by atoms with Crippen molar-refractivity contribution >= 4 is 5.91 Å². The molecule has 2 unspecified atom stereocenters. The van der Waals surface area contributed by atoms with Crippen molar-refractivity contribution in [1.29, 1.82) is 0 Å². The molecular weight excluding hydrogens is 204 g/mol. The Morgan fingerprint density at radius 1 is 1.50 bits per heavy atom. The van der Waals surface area contributed by atoms with Gasteiger partial charge in [-0.3, -0.25) is 9.69 Å². The molecule has 0 aromatic rings. The molecule has 0 bridgehead atoms. The molecule has 1 N–H and O–H groups in total. The summed E-state index contributed by atoms with van der Waals surface area (Å²) in [5, 5.41) is 9.01. The molecule has 2 atom stereocenters. The van der Waals surface area contributed by atoms with E-state index in [9.17, 15) is 4.79 Å². The van der Waals surface area contributed by atoms with Gasteiger partial charge < -0.3 is 10.0 Å². The van der Waals surface area contributed by atoms with E-state index >= 15 is 0 Å². The molecule has 1 fully saturated rings. The third-order valence-corrected chi connectivity index (χ3v) is 3.26. The summed E-state index contributed by atoms with van der Waals surface area (Å²) in [6, 6.07) is 0.223. The van der Waals surface area contributed by atoms with E-state index in [-0.39, 0.29) is 18.6 Å². The Kier molecular flexibility index (Phi) is 4.74. The first kappa shape index (κ1) is 13.5. The molecule has 4 nitrogen and oxygen atoms in total. The maximum absolute atomic E-state index is 12.2. The molecule has 4 heteroatoms. The van der Waals surface area contributed by atoms with Gasteiger partial charge in [0.05, 0.1) is 6.04 Å². The van der Waals surface area contributed by atoms with E-state index in [0.717, 1.165) is 13.1 Å². The largest absolute Gasteiger partial charge is 0.396 e. The Hall–Kier alpha value is -0.610. The first-order chi connectivity index (χ1) is 7.47. The van der Waals surface area contributed by atoms with Gasteiger partial charge in [-0.15, -0.1) is 0 Å². The number of amides is 1. The van der Waals surface area contributed by atoms with E-state index in [1.807, 2.05) is 11.9 Å². The van der Waals surface area contributed by atoms with Gasteiger partial charge in [0.25, 0.3) is 0 Å². The Morgan fingerprint density at radius 2 is 2.12 bits per heavy atom. The van der Waals surface area contributed by atoms with Crippen LogP contribution in [0.5, 0.6) is 0 Å². The van der Waals surface area contributed by atoms with Crippen molar-refractivity contribution in [2.45, 2.75) is 39.3 Å². The van der Waals surface area contributed by atoms with E-state index in [0.29, 0.717) is 18.4 Å². The van der Waals surface area contributed by atoms with Crippen LogP contribution in [0.15, 0.2) is 0 Å². The lowest BCUT2D eigenvalue weighted by Gasteiger charge is -2.43. The summed E-state index contributed by atoms with van der Waals surface area (Å²) >= 11 is 0. The van der Waals surface area contributed by atoms with Crippen molar-refractivity contribution in [3.05, 3.63) is 0 Å². The van der Waals surface area contributed by atoms with Crippen molar-refractivity contribution in [2.75, 3.05) is 26.7 Å². The quantitative estimate of drug-likeness (QED) is 0.764. The molecule has 1 rings (SSSR count). The van der Waals surface area contributed by atoms with Gasteiger partial charge >= 0.3 is 0 Å². The number of rotatable bonds is 4. The summed E-state index contributed by atoms with van der Waals surface area (Å²) in [7, 11) is 1.97. The van der Waals surface area contributed by atoms with Crippen LogP contribution in [0, 0.1) is 5.92 Å². The zero-order valence-corrected chi connectivity index (χ0v) is 10.8. The van der Waals surface area contributed by atoms with E-state index in [1.54, 1.807) is 0 Å². The molecule has 0 aromatic carbocycles. The number of hydrogen-bond donors (Lipinski definition) is 1. The second-order valence-electron chi connectivity index (χ2n) is 5.18. The van der Waals surface area contributed by atoms with Crippen LogP contribution in [-0.2, 0) is 4.79 Å². The van der Waals surface area contributed by atoms with Gasteiger partial charge in [0, 0.05) is 25.7 Å². The first-order valence-electron chi connectivity index (χ1n) is 6.09. The van der Waals surface area contributed by atoms with Crippen LogP contribution in [0.1, 0.15) is 27.2 Å². The lowest BCUT2D eigenvalue weighted by atomic mass is 10.0. The van der Waals surface area contributed by atoms with Crippen molar-refractivity contribution < 1.29 is 9.90 Å². The van der Waals surface area contributed by atoms with Crippen molar-refractivity contribution in [3.8, 4) is 0 Å². The number of aliphatic hydroxyl groups is 1. The molecule has 1 aliphatic heterocycles. The highest BCUT2D eigenvalue weighted by Crippen LogP contribution is 2.18. The van der Waals surface area contributed by atoms with Gasteiger partial charge in [-0.25, -0.2) is 0 Å². The number of piperazine rings is 1. The minimum Gasteiger partial charge on any atom is -0.396 e. The summed E-state index contributed by atoms with van der Waals surface area (Å²) in [6.07, 6.45) is 0.536. The monoisotopic (exact) mass is 228 g/mol. The summed E-state index contributed by atoms with van der Waals surface area (Å²) in [6.45, 7) is 8.07. The third-order valence-electron chi connectivity index (χ3n) is 3.26. The van der Waals surface area contributed by atoms with E-state index in [4.69, 9.17) is 5.11 Å². The topological polar surface area (TPSA) is 43.8 Å². The second-order valence-corrected chi connectivity index (χ2v) is 5.18. The number of nitrogens with zero attached hydrogens (tertiary/aromatic N) is 2. The predicted octanol–water partition coefficient (Wildman–Crippen LogP) is 0.556. The molecule has 94 valence electrons. The minimum absolute atomic E-state index is 0.0724. The second kappa shape index (κ2) is 5.64. The van der Waals surface area contributed by atoms with Gasteiger partial charge in [0.1, 0.15) is 0 Å². The molecule has 0 saturated carbocycles. The highest BCUT2D eigenvalue weighted by atomic mass is 16.3. The number of hydrogen-bond acceptors (Lipinski definition) is 3. The third kappa shape index (κ3) is 2.95. The number of carbonyl (C=O) groups is 1. The SMILES string of the molecule is CC(C)CN1CC(C)N(C)C(CCO)C1=O.